The lowest BCUT2D eigenvalue weighted by Crippen LogP contribution is -2.40. The normalized spacial score (nSPS) is 21.6. The Morgan fingerprint density at radius 2 is 2.10 bits per heavy atom. The van der Waals surface area contributed by atoms with Crippen molar-refractivity contribution in [1.29, 1.82) is 0 Å². The van der Waals surface area contributed by atoms with Gasteiger partial charge in [0.15, 0.2) is 5.69 Å². The van der Waals surface area contributed by atoms with Gasteiger partial charge in [0.1, 0.15) is 0 Å². The Kier molecular flexibility index (Phi) is 3.37. The molecule has 2 aromatic rings. The molecule has 21 heavy (non-hydrogen) atoms. The summed E-state index contributed by atoms with van der Waals surface area (Å²) in [6.07, 6.45) is 2.14. The summed E-state index contributed by atoms with van der Waals surface area (Å²) in [7, 11) is 1.79. The number of hydrogen-bond donors (Lipinski definition) is 2. The van der Waals surface area contributed by atoms with Crippen molar-refractivity contribution < 1.29 is 14.7 Å². The van der Waals surface area contributed by atoms with Gasteiger partial charge in [0.25, 0.3) is 5.91 Å². The van der Waals surface area contributed by atoms with Gasteiger partial charge in [-0.25, -0.2) is 0 Å². The Balaban J connectivity index is 1.86. The molecule has 2 unspecified atom stereocenters. The maximum Gasteiger partial charge on any atom is 0.308 e. The Hall–Kier alpha value is -2.37. The lowest BCUT2D eigenvalue weighted by molar-refractivity contribution is -0.142. The van der Waals surface area contributed by atoms with Gasteiger partial charge >= 0.3 is 5.97 Å². The molecule has 2 N–H and O–H groups in total. The van der Waals surface area contributed by atoms with Crippen molar-refractivity contribution in [2.75, 3.05) is 0 Å². The molecule has 3 rings (SSSR count). The minimum atomic E-state index is -0.844. The van der Waals surface area contributed by atoms with E-state index in [9.17, 15) is 14.7 Å². The molecule has 0 spiro atoms. The summed E-state index contributed by atoms with van der Waals surface area (Å²) in [5.41, 5.74) is 1.23. The summed E-state index contributed by atoms with van der Waals surface area (Å²) in [6.45, 7) is 0. The SMILES string of the molecule is Cn1nc(C(=O)NC2CCCC2C(=O)O)c2ccccc21. The highest BCUT2D eigenvalue weighted by atomic mass is 16.4. The number of nitrogens with zero attached hydrogens (tertiary/aromatic N) is 2. The van der Waals surface area contributed by atoms with E-state index in [0.29, 0.717) is 18.5 Å². The van der Waals surface area contributed by atoms with Crippen LogP contribution in [0.3, 0.4) is 0 Å². The number of rotatable bonds is 3. The third kappa shape index (κ3) is 2.37. The smallest absolute Gasteiger partial charge is 0.308 e. The van der Waals surface area contributed by atoms with Crippen molar-refractivity contribution in [1.82, 2.24) is 15.1 Å². The highest BCUT2D eigenvalue weighted by Gasteiger charge is 2.34. The largest absolute Gasteiger partial charge is 0.481 e. The second-order valence-electron chi connectivity index (χ2n) is 5.44. The third-order valence-corrected chi connectivity index (χ3v) is 4.12. The third-order valence-electron chi connectivity index (χ3n) is 4.12. The molecule has 110 valence electrons. The van der Waals surface area contributed by atoms with Crippen molar-refractivity contribution in [2.45, 2.75) is 25.3 Å². The molecule has 1 amide bonds. The van der Waals surface area contributed by atoms with E-state index in [0.717, 1.165) is 17.3 Å². The van der Waals surface area contributed by atoms with Crippen LogP contribution in [-0.2, 0) is 11.8 Å². The standard InChI is InChI=1S/C15H17N3O3/c1-18-12-8-3-2-5-10(12)13(17-18)14(19)16-11-7-4-6-9(11)15(20)21/h2-3,5,8-9,11H,4,6-7H2,1H3,(H,16,19)(H,20,21). The van der Waals surface area contributed by atoms with Crippen LogP contribution in [0.2, 0.25) is 0 Å². The molecule has 0 radical (unpaired) electrons. The number of carbonyl (C=O) groups is 2. The zero-order valence-electron chi connectivity index (χ0n) is 11.7. The van der Waals surface area contributed by atoms with Crippen LogP contribution in [0.5, 0.6) is 0 Å². The van der Waals surface area contributed by atoms with Crippen LogP contribution in [0.1, 0.15) is 29.8 Å². The molecule has 1 aromatic heterocycles. The molecule has 2 atom stereocenters. The second kappa shape index (κ2) is 5.20. The second-order valence-corrected chi connectivity index (χ2v) is 5.44. The molecule has 1 aliphatic rings. The average molecular weight is 287 g/mol. The Bertz CT molecular complexity index is 707. The lowest BCUT2D eigenvalue weighted by atomic mass is 10.0. The lowest BCUT2D eigenvalue weighted by Gasteiger charge is -2.16. The monoisotopic (exact) mass is 287 g/mol. The molecule has 1 aromatic carbocycles. The molecule has 0 bridgehead atoms. The number of para-hydroxylation sites is 1. The topological polar surface area (TPSA) is 84.2 Å². The van der Waals surface area contributed by atoms with Gasteiger partial charge in [-0.1, -0.05) is 24.6 Å². The van der Waals surface area contributed by atoms with E-state index < -0.39 is 11.9 Å². The molecule has 1 heterocycles. The fourth-order valence-corrected chi connectivity index (χ4v) is 3.05. The number of carboxylic acids is 1. The van der Waals surface area contributed by atoms with Gasteiger partial charge in [0, 0.05) is 18.5 Å². The minimum absolute atomic E-state index is 0.301. The van der Waals surface area contributed by atoms with Crippen LogP contribution in [0, 0.1) is 5.92 Å². The molecule has 6 nitrogen and oxygen atoms in total. The maximum atomic E-state index is 12.4. The number of aliphatic carboxylic acids is 1. The fraction of sp³-hybridized carbons (Fsp3) is 0.400. The Morgan fingerprint density at radius 1 is 1.33 bits per heavy atom. The predicted octanol–water partition coefficient (Wildman–Crippen LogP) is 1.56. The molecule has 1 aliphatic carbocycles. The van der Waals surface area contributed by atoms with Crippen LogP contribution in [0.4, 0.5) is 0 Å². The summed E-state index contributed by atoms with van der Waals surface area (Å²) in [5.74, 6) is -1.64. The molecular formula is C15H17N3O3. The van der Waals surface area contributed by atoms with E-state index in [2.05, 4.69) is 10.4 Å². The highest BCUT2D eigenvalue weighted by molar-refractivity contribution is 6.05. The summed E-state index contributed by atoms with van der Waals surface area (Å²) < 4.78 is 1.66. The zero-order valence-corrected chi connectivity index (χ0v) is 11.7. The fourth-order valence-electron chi connectivity index (χ4n) is 3.05. The number of aryl methyl sites for hydroxylation is 1. The van der Waals surface area contributed by atoms with E-state index >= 15 is 0 Å². The van der Waals surface area contributed by atoms with E-state index in [-0.39, 0.29) is 11.9 Å². The predicted molar refractivity (Wildman–Crippen MR) is 76.9 cm³/mol. The van der Waals surface area contributed by atoms with Crippen LogP contribution in [-0.4, -0.2) is 32.8 Å². The van der Waals surface area contributed by atoms with E-state index in [1.807, 2.05) is 24.3 Å². The number of benzene rings is 1. The van der Waals surface area contributed by atoms with Crippen molar-refractivity contribution in [3.8, 4) is 0 Å². The van der Waals surface area contributed by atoms with Gasteiger partial charge in [-0.05, 0) is 18.9 Å². The highest BCUT2D eigenvalue weighted by Crippen LogP contribution is 2.26. The van der Waals surface area contributed by atoms with E-state index in [1.54, 1.807) is 11.7 Å². The summed E-state index contributed by atoms with van der Waals surface area (Å²) in [4.78, 5) is 23.6. The maximum absolute atomic E-state index is 12.4. The van der Waals surface area contributed by atoms with Crippen molar-refractivity contribution in [2.24, 2.45) is 13.0 Å². The number of aromatic nitrogens is 2. The first-order valence-electron chi connectivity index (χ1n) is 7.03. The Morgan fingerprint density at radius 3 is 2.86 bits per heavy atom. The molecule has 1 fully saturated rings. The first kappa shape index (κ1) is 13.6. The molecule has 0 saturated heterocycles. The molecule has 1 saturated carbocycles. The van der Waals surface area contributed by atoms with Crippen LogP contribution in [0.25, 0.3) is 10.9 Å². The van der Waals surface area contributed by atoms with Crippen LogP contribution < -0.4 is 5.32 Å². The van der Waals surface area contributed by atoms with Gasteiger partial charge in [0.2, 0.25) is 0 Å². The Labute approximate surface area is 121 Å². The average Bonchev–Trinajstić information content (AvgIpc) is 3.04. The molecule has 6 heteroatoms. The molecular weight excluding hydrogens is 270 g/mol. The van der Waals surface area contributed by atoms with Crippen molar-refractivity contribution >= 4 is 22.8 Å². The van der Waals surface area contributed by atoms with Gasteiger partial charge < -0.3 is 10.4 Å². The van der Waals surface area contributed by atoms with Crippen molar-refractivity contribution in [3.63, 3.8) is 0 Å². The first-order valence-corrected chi connectivity index (χ1v) is 7.03. The summed E-state index contributed by atoms with van der Waals surface area (Å²) in [5, 5.41) is 17.0. The van der Waals surface area contributed by atoms with Crippen LogP contribution in [0.15, 0.2) is 24.3 Å². The van der Waals surface area contributed by atoms with Crippen molar-refractivity contribution in [3.05, 3.63) is 30.0 Å². The number of amides is 1. The first-order chi connectivity index (χ1) is 10.1. The van der Waals surface area contributed by atoms with E-state index in [1.165, 1.54) is 0 Å². The summed E-state index contributed by atoms with van der Waals surface area (Å²) in [6, 6.07) is 7.19. The van der Waals surface area contributed by atoms with E-state index in [4.69, 9.17) is 0 Å². The molecule has 0 aliphatic heterocycles. The van der Waals surface area contributed by atoms with Gasteiger partial charge in [-0.3, -0.25) is 14.3 Å². The number of nitrogens with one attached hydrogen (secondary N) is 1. The zero-order chi connectivity index (χ0) is 15.0. The van der Waals surface area contributed by atoms with Crippen LogP contribution >= 0.6 is 0 Å². The number of carbonyl (C=O) groups excluding carboxylic acids is 1. The minimum Gasteiger partial charge on any atom is -0.481 e. The van der Waals surface area contributed by atoms with Gasteiger partial charge in [0.05, 0.1) is 11.4 Å². The van der Waals surface area contributed by atoms with Gasteiger partial charge in [-0.2, -0.15) is 5.10 Å². The quantitative estimate of drug-likeness (QED) is 0.897. The summed E-state index contributed by atoms with van der Waals surface area (Å²) >= 11 is 0. The van der Waals surface area contributed by atoms with Gasteiger partial charge in [-0.15, -0.1) is 0 Å². The number of carboxylic acid groups (broad SMARTS) is 1. The number of fused-ring (bicyclic) bond motifs is 1. The number of hydrogen-bond acceptors (Lipinski definition) is 3.